The molecule has 0 rings (SSSR count). The van der Waals surface area contributed by atoms with Crippen molar-refractivity contribution in [1.82, 2.24) is 0 Å². The Morgan fingerprint density at radius 1 is 1.15 bits per heavy atom. The first-order valence-electron chi connectivity index (χ1n) is 4.65. The lowest BCUT2D eigenvalue weighted by Gasteiger charge is -2.27. The van der Waals surface area contributed by atoms with Crippen molar-refractivity contribution in [2.75, 3.05) is 18.5 Å². The molecule has 0 amide bonds. The zero-order chi connectivity index (χ0) is 10.3. The van der Waals surface area contributed by atoms with Gasteiger partial charge >= 0.3 is 0 Å². The molecule has 0 spiro atoms. The van der Waals surface area contributed by atoms with Crippen molar-refractivity contribution in [1.29, 1.82) is 0 Å². The molecule has 0 fully saturated rings. The van der Waals surface area contributed by atoms with Gasteiger partial charge in [-0.15, -0.1) is 24.7 Å². The second-order valence-corrected chi connectivity index (χ2v) is 6.36. The highest BCUT2D eigenvalue weighted by molar-refractivity contribution is 7.58. The van der Waals surface area contributed by atoms with Gasteiger partial charge in [-0.3, -0.25) is 0 Å². The molecule has 0 unspecified atom stereocenters. The minimum Gasteiger partial charge on any atom is -0.120 e. The first kappa shape index (κ1) is 12.6. The van der Waals surface area contributed by atoms with Crippen molar-refractivity contribution < 1.29 is 0 Å². The van der Waals surface area contributed by atoms with Gasteiger partial charge in [0.25, 0.3) is 0 Å². The molecule has 0 aromatic rings. The van der Waals surface area contributed by atoms with E-state index in [1.165, 1.54) is 12.6 Å². The summed E-state index contributed by atoms with van der Waals surface area (Å²) in [5.74, 6) is 5.47. The molecule has 0 saturated carbocycles. The molecule has 0 saturated heterocycles. The Morgan fingerprint density at radius 3 is 1.92 bits per heavy atom. The highest BCUT2D eigenvalue weighted by Gasteiger charge is 2.19. The predicted molar refractivity (Wildman–Crippen MR) is 63.3 cm³/mol. The van der Waals surface area contributed by atoms with Crippen LogP contribution in [0.2, 0.25) is 0 Å². The fourth-order valence-corrected chi connectivity index (χ4v) is 3.43. The summed E-state index contributed by atoms with van der Waals surface area (Å²) in [6.07, 6.45) is 14.8. The Kier molecular flexibility index (Phi) is 5.86. The van der Waals surface area contributed by atoms with Crippen LogP contribution in [0, 0.1) is 30.1 Å². The molecule has 0 radical (unpaired) electrons. The summed E-state index contributed by atoms with van der Waals surface area (Å²) in [4.78, 5) is 0. The van der Waals surface area contributed by atoms with Crippen LogP contribution >= 0.6 is 7.92 Å². The van der Waals surface area contributed by atoms with E-state index in [4.69, 9.17) is 12.8 Å². The highest BCUT2D eigenvalue weighted by atomic mass is 31.1. The standard InChI is InChI=1S/C12H19P/c1-6-9-13(10-7-2)11-12(4,5)8-3/h1-2H,8-11H2,3-5H3. The summed E-state index contributed by atoms with van der Waals surface area (Å²) in [5.41, 5.74) is 0.402. The Balaban J connectivity index is 4.11. The van der Waals surface area contributed by atoms with E-state index >= 15 is 0 Å². The third-order valence-electron chi connectivity index (χ3n) is 2.24. The maximum Gasteiger partial charge on any atom is 0.0298 e. The molecule has 0 aromatic carbocycles. The van der Waals surface area contributed by atoms with Gasteiger partial charge in [-0.25, -0.2) is 0 Å². The topological polar surface area (TPSA) is 0 Å². The average molecular weight is 194 g/mol. The minimum absolute atomic E-state index is 0.127. The lowest BCUT2D eigenvalue weighted by Crippen LogP contribution is -2.15. The van der Waals surface area contributed by atoms with Crippen LogP contribution in [0.25, 0.3) is 0 Å². The first-order chi connectivity index (χ1) is 6.05. The van der Waals surface area contributed by atoms with Gasteiger partial charge in [-0.05, 0) is 11.6 Å². The molecule has 13 heavy (non-hydrogen) atoms. The van der Waals surface area contributed by atoms with Crippen molar-refractivity contribution in [2.45, 2.75) is 27.2 Å². The SMILES string of the molecule is C#CCP(CC#C)CC(C)(C)CC. The first-order valence-corrected chi connectivity index (χ1v) is 6.54. The molecule has 0 aliphatic heterocycles. The largest absolute Gasteiger partial charge is 0.120 e. The van der Waals surface area contributed by atoms with Crippen molar-refractivity contribution in [3.8, 4) is 24.7 Å². The third-order valence-corrected chi connectivity index (χ3v) is 4.80. The zero-order valence-electron chi connectivity index (χ0n) is 8.93. The minimum atomic E-state index is -0.127. The molecule has 1 heteroatoms. The molecule has 0 nitrogen and oxygen atoms in total. The highest BCUT2D eigenvalue weighted by Crippen LogP contribution is 2.42. The normalized spacial score (nSPS) is 10.9. The van der Waals surface area contributed by atoms with Gasteiger partial charge in [0, 0.05) is 12.3 Å². The fraction of sp³-hybridized carbons (Fsp3) is 0.667. The molecule has 0 atom stereocenters. The maximum atomic E-state index is 5.32. The predicted octanol–water partition coefficient (Wildman–Crippen LogP) is 3.17. The monoisotopic (exact) mass is 194 g/mol. The summed E-state index contributed by atoms with van der Waals surface area (Å²) in [7, 11) is -0.127. The molecule has 0 aromatic heterocycles. The van der Waals surface area contributed by atoms with Crippen LogP contribution < -0.4 is 0 Å². The summed E-state index contributed by atoms with van der Waals surface area (Å²) in [6.45, 7) is 6.80. The Hall–Kier alpha value is -0.450. The summed E-state index contributed by atoms with van der Waals surface area (Å²) >= 11 is 0. The Labute approximate surface area is 84.3 Å². The maximum absolute atomic E-state index is 5.32. The zero-order valence-corrected chi connectivity index (χ0v) is 9.82. The van der Waals surface area contributed by atoms with E-state index in [1.807, 2.05) is 0 Å². The van der Waals surface area contributed by atoms with Crippen molar-refractivity contribution in [3.63, 3.8) is 0 Å². The van der Waals surface area contributed by atoms with E-state index in [0.717, 1.165) is 12.3 Å². The molecule has 0 aliphatic rings. The summed E-state index contributed by atoms with van der Waals surface area (Å²) in [6, 6.07) is 0. The number of hydrogen-bond donors (Lipinski definition) is 0. The van der Waals surface area contributed by atoms with E-state index in [9.17, 15) is 0 Å². The summed E-state index contributed by atoms with van der Waals surface area (Å²) < 4.78 is 0. The summed E-state index contributed by atoms with van der Waals surface area (Å²) in [5, 5.41) is 0. The van der Waals surface area contributed by atoms with Gasteiger partial charge in [0.1, 0.15) is 0 Å². The van der Waals surface area contributed by atoms with Gasteiger partial charge < -0.3 is 0 Å². The smallest absolute Gasteiger partial charge is 0.0298 e. The van der Waals surface area contributed by atoms with Crippen molar-refractivity contribution in [3.05, 3.63) is 0 Å². The van der Waals surface area contributed by atoms with Gasteiger partial charge in [0.05, 0.1) is 0 Å². The second kappa shape index (κ2) is 6.07. The van der Waals surface area contributed by atoms with Gasteiger partial charge in [-0.1, -0.05) is 35.1 Å². The van der Waals surface area contributed by atoms with Gasteiger partial charge in [0.15, 0.2) is 0 Å². The molecule has 0 N–H and O–H groups in total. The molecule has 0 bridgehead atoms. The van der Waals surface area contributed by atoms with Crippen LogP contribution in [0.1, 0.15) is 27.2 Å². The molecule has 0 aliphatic carbocycles. The van der Waals surface area contributed by atoms with Gasteiger partial charge in [-0.2, -0.15) is 0 Å². The molecular formula is C12H19P. The van der Waals surface area contributed by atoms with E-state index in [1.54, 1.807) is 0 Å². The van der Waals surface area contributed by atoms with Crippen LogP contribution in [-0.4, -0.2) is 18.5 Å². The van der Waals surface area contributed by atoms with Crippen molar-refractivity contribution >= 4 is 7.92 Å². The Morgan fingerprint density at radius 2 is 1.62 bits per heavy atom. The average Bonchev–Trinajstić information content (AvgIpc) is 2.05. The van der Waals surface area contributed by atoms with Crippen LogP contribution in [0.5, 0.6) is 0 Å². The van der Waals surface area contributed by atoms with Gasteiger partial charge in [0.2, 0.25) is 0 Å². The quantitative estimate of drug-likeness (QED) is 0.466. The molecule has 72 valence electrons. The second-order valence-electron chi connectivity index (χ2n) is 4.07. The lowest BCUT2D eigenvalue weighted by atomic mass is 9.93. The van der Waals surface area contributed by atoms with E-state index < -0.39 is 0 Å². The van der Waals surface area contributed by atoms with E-state index in [-0.39, 0.29) is 7.92 Å². The number of hydrogen-bond acceptors (Lipinski definition) is 0. The molecular weight excluding hydrogens is 175 g/mol. The van der Waals surface area contributed by atoms with Crippen molar-refractivity contribution in [2.24, 2.45) is 5.41 Å². The fourth-order valence-electron chi connectivity index (χ4n) is 1.14. The number of rotatable bonds is 5. The lowest BCUT2D eigenvalue weighted by molar-refractivity contribution is 0.405. The van der Waals surface area contributed by atoms with Crippen LogP contribution in [-0.2, 0) is 0 Å². The van der Waals surface area contributed by atoms with E-state index in [2.05, 4.69) is 32.6 Å². The number of terminal acetylenes is 2. The van der Waals surface area contributed by atoms with Crippen LogP contribution in [0.15, 0.2) is 0 Å². The Bertz CT molecular complexity index is 198. The third kappa shape index (κ3) is 5.74. The van der Waals surface area contributed by atoms with Crippen LogP contribution in [0.3, 0.4) is 0 Å². The molecule has 0 heterocycles. The van der Waals surface area contributed by atoms with E-state index in [0.29, 0.717) is 5.41 Å². The van der Waals surface area contributed by atoms with Crippen LogP contribution in [0.4, 0.5) is 0 Å².